The van der Waals surface area contributed by atoms with E-state index in [0.717, 1.165) is 18.8 Å². The molecule has 0 amide bonds. The number of rotatable bonds is 3. The van der Waals surface area contributed by atoms with Crippen molar-refractivity contribution < 1.29 is 4.74 Å². The summed E-state index contributed by atoms with van der Waals surface area (Å²) in [7, 11) is 2.10. The first-order valence-electron chi connectivity index (χ1n) is 8.05. The van der Waals surface area contributed by atoms with Crippen LogP contribution in [0.2, 0.25) is 0 Å². The van der Waals surface area contributed by atoms with Gasteiger partial charge in [-0.15, -0.1) is 0 Å². The zero-order valence-electron chi connectivity index (χ0n) is 13.0. The van der Waals surface area contributed by atoms with E-state index in [0.29, 0.717) is 17.4 Å². The predicted octanol–water partition coefficient (Wildman–Crippen LogP) is 4.10. The predicted molar refractivity (Wildman–Crippen MR) is 83.2 cm³/mol. The summed E-state index contributed by atoms with van der Waals surface area (Å²) in [4.78, 5) is 0. The van der Waals surface area contributed by atoms with Crippen molar-refractivity contribution >= 4 is 0 Å². The summed E-state index contributed by atoms with van der Waals surface area (Å²) < 4.78 is 5.93. The largest absolute Gasteiger partial charge is 0.493 e. The fourth-order valence-electron chi connectivity index (χ4n) is 4.20. The van der Waals surface area contributed by atoms with Crippen molar-refractivity contribution in [1.29, 1.82) is 0 Å². The van der Waals surface area contributed by atoms with E-state index in [4.69, 9.17) is 4.74 Å². The second kappa shape index (κ2) is 5.40. The minimum atomic E-state index is 0.410. The number of para-hydroxylation sites is 1. The standard InChI is InChI=1S/C18H27NO/c1-18(2)11-5-4-9-15(18)16(19-3)14-8-6-7-13-10-12-20-17(13)14/h6-8,15-16,19H,4-5,9-12H2,1-3H3. The molecular formula is C18H27NO. The molecule has 2 nitrogen and oxygen atoms in total. The summed E-state index contributed by atoms with van der Waals surface area (Å²) in [5, 5.41) is 3.59. The van der Waals surface area contributed by atoms with E-state index in [1.807, 2.05) is 0 Å². The molecule has 0 radical (unpaired) electrons. The molecule has 0 bridgehead atoms. The van der Waals surface area contributed by atoms with Gasteiger partial charge in [-0.05, 0) is 36.8 Å². The quantitative estimate of drug-likeness (QED) is 0.895. The van der Waals surface area contributed by atoms with E-state index in [1.54, 1.807) is 0 Å². The van der Waals surface area contributed by atoms with Crippen molar-refractivity contribution in [2.75, 3.05) is 13.7 Å². The van der Waals surface area contributed by atoms with Gasteiger partial charge < -0.3 is 10.1 Å². The van der Waals surface area contributed by atoms with E-state index >= 15 is 0 Å². The monoisotopic (exact) mass is 273 g/mol. The van der Waals surface area contributed by atoms with Crippen LogP contribution in [0, 0.1) is 11.3 Å². The van der Waals surface area contributed by atoms with Crippen LogP contribution in [-0.2, 0) is 6.42 Å². The van der Waals surface area contributed by atoms with Gasteiger partial charge in [0, 0.05) is 18.0 Å². The summed E-state index contributed by atoms with van der Waals surface area (Å²) in [5.41, 5.74) is 3.17. The molecule has 1 aromatic rings. The number of hydrogen-bond donors (Lipinski definition) is 1. The van der Waals surface area contributed by atoms with Gasteiger partial charge in [-0.3, -0.25) is 0 Å². The van der Waals surface area contributed by atoms with E-state index in [9.17, 15) is 0 Å². The summed E-state index contributed by atoms with van der Waals surface area (Å²) >= 11 is 0. The van der Waals surface area contributed by atoms with E-state index in [1.165, 1.54) is 36.8 Å². The third-order valence-corrected chi connectivity index (χ3v) is 5.38. The Bertz CT molecular complexity index is 480. The van der Waals surface area contributed by atoms with E-state index < -0.39 is 0 Å². The SMILES string of the molecule is CNC(c1cccc2c1OCC2)C1CCCCC1(C)C. The summed E-state index contributed by atoms with van der Waals surface area (Å²) in [6.45, 7) is 5.72. The van der Waals surface area contributed by atoms with Crippen LogP contribution in [0.5, 0.6) is 5.75 Å². The number of nitrogens with one attached hydrogen (secondary N) is 1. The van der Waals surface area contributed by atoms with Gasteiger partial charge in [0.15, 0.2) is 0 Å². The molecule has 0 aromatic heterocycles. The summed E-state index contributed by atoms with van der Waals surface area (Å²) in [6, 6.07) is 7.09. The van der Waals surface area contributed by atoms with E-state index in [-0.39, 0.29) is 0 Å². The fourth-order valence-corrected chi connectivity index (χ4v) is 4.20. The molecule has 0 saturated heterocycles. The molecule has 1 heterocycles. The van der Waals surface area contributed by atoms with Crippen LogP contribution in [0.4, 0.5) is 0 Å². The van der Waals surface area contributed by atoms with Crippen LogP contribution < -0.4 is 10.1 Å². The first-order chi connectivity index (χ1) is 9.63. The van der Waals surface area contributed by atoms with Crippen LogP contribution in [0.3, 0.4) is 0 Å². The number of benzene rings is 1. The molecule has 1 N–H and O–H groups in total. The number of hydrogen-bond acceptors (Lipinski definition) is 2. The van der Waals surface area contributed by atoms with Gasteiger partial charge in [0.2, 0.25) is 0 Å². The molecule has 1 aromatic carbocycles. The normalized spacial score (nSPS) is 25.9. The summed E-state index contributed by atoms with van der Waals surface area (Å²) in [6.07, 6.45) is 6.47. The van der Waals surface area contributed by atoms with Crippen molar-refractivity contribution in [1.82, 2.24) is 5.32 Å². The Kier molecular flexibility index (Phi) is 3.76. The molecule has 2 unspecified atom stereocenters. The summed E-state index contributed by atoms with van der Waals surface area (Å²) in [5.74, 6) is 1.85. The lowest BCUT2D eigenvalue weighted by atomic mass is 9.64. The van der Waals surface area contributed by atoms with Crippen molar-refractivity contribution in [3.8, 4) is 5.75 Å². The molecule has 1 fully saturated rings. The third kappa shape index (κ3) is 2.35. The second-order valence-electron chi connectivity index (χ2n) is 7.04. The van der Waals surface area contributed by atoms with E-state index in [2.05, 4.69) is 44.4 Å². The molecule has 2 aliphatic rings. The van der Waals surface area contributed by atoms with Gasteiger partial charge in [0.25, 0.3) is 0 Å². The minimum Gasteiger partial charge on any atom is -0.493 e. The lowest BCUT2D eigenvalue weighted by Gasteiger charge is -2.43. The number of fused-ring (bicyclic) bond motifs is 1. The molecule has 0 spiro atoms. The maximum Gasteiger partial charge on any atom is 0.127 e. The minimum absolute atomic E-state index is 0.410. The van der Waals surface area contributed by atoms with Gasteiger partial charge in [-0.2, -0.15) is 0 Å². The fraction of sp³-hybridized carbons (Fsp3) is 0.667. The highest BCUT2D eigenvalue weighted by molar-refractivity contribution is 5.46. The Balaban J connectivity index is 1.96. The molecule has 3 rings (SSSR count). The Morgan fingerprint density at radius 3 is 2.90 bits per heavy atom. The maximum absolute atomic E-state index is 5.93. The van der Waals surface area contributed by atoms with Gasteiger partial charge in [-0.1, -0.05) is 44.9 Å². The van der Waals surface area contributed by atoms with Crippen LogP contribution >= 0.6 is 0 Å². The molecule has 2 atom stereocenters. The first kappa shape index (κ1) is 13.9. The van der Waals surface area contributed by atoms with Crippen molar-refractivity contribution in [3.63, 3.8) is 0 Å². The molecule has 20 heavy (non-hydrogen) atoms. The highest BCUT2D eigenvalue weighted by atomic mass is 16.5. The lowest BCUT2D eigenvalue weighted by molar-refractivity contribution is 0.100. The molecule has 110 valence electrons. The Labute approximate surface area is 122 Å². The Hall–Kier alpha value is -1.02. The zero-order valence-corrected chi connectivity index (χ0v) is 13.0. The van der Waals surface area contributed by atoms with Gasteiger partial charge in [0.1, 0.15) is 5.75 Å². The van der Waals surface area contributed by atoms with Crippen LogP contribution in [-0.4, -0.2) is 13.7 Å². The Morgan fingerprint density at radius 2 is 2.15 bits per heavy atom. The lowest BCUT2D eigenvalue weighted by Crippen LogP contribution is -2.38. The molecular weight excluding hydrogens is 246 g/mol. The van der Waals surface area contributed by atoms with Gasteiger partial charge in [-0.25, -0.2) is 0 Å². The second-order valence-corrected chi connectivity index (χ2v) is 7.04. The third-order valence-electron chi connectivity index (χ3n) is 5.38. The van der Waals surface area contributed by atoms with Crippen LogP contribution in [0.25, 0.3) is 0 Å². The Morgan fingerprint density at radius 1 is 1.30 bits per heavy atom. The zero-order chi connectivity index (χ0) is 14.2. The van der Waals surface area contributed by atoms with Gasteiger partial charge in [0.05, 0.1) is 6.61 Å². The smallest absolute Gasteiger partial charge is 0.127 e. The molecule has 1 aliphatic carbocycles. The van der Waals surface area contributed by atoms with Gasteiger partial charge >= 0.3 is 0 Å². The molecule has 2 heteroatoms. The average molecular weight is 273 g/mol. The van der Waals surface area contributed by atoms with Crippen molar-refractivity contribution in [2.45, 2.75) is 52.0 Å². The highest BCUT2D eigenvalue weighted by Crippen LogP contribution is 2.48. The average Bonchev–Trinajstić information content (AvgIpc) is 2.90. The molecule has 1 aliphatic heterocycles. The van der Waals surface area contributed by atoms with Crippen molar-refractivity contribution in [2.24, 2.45) is 11.3 Å². The van der Waals surface area contributed by atoms with Crippen LogP contribution in [0.15, 0.2) is 18.2 Å². The molecule has 1 saturated carbocycles. The number of ether oxygens (including phenoxy) is 1. The van der Waals surface area contributed by atoms with Crippen LogP contribution in [0.1, 0.15) is 56.7 Å². The first-order valence-corrected chi connectivity index (χ1v) is 8.05. The maximum atomic E-state index is 5.93. The van der Waals surface area contributed by atoms with Crippen molar-refractivity contribution in [3.05, 3.63) is 29.3 Å². The topological polar surface area (TPSA) is 21.3 Å². The highest BCUT2D eigenvalue weighted by Gasteiger charge is 2.39.